The van der Waals surface area contributed by atoms with Crippen LogP contribution in [0, 0.1) is 0 Å². The Kier molecular flexibility index (Phi) is 6.32. The molecule has 0 aliphatic heterocycles. The third-order valence-corrected chi connectivity index (χ3v) is 1.72. The maximum absolute atomic E-state index is 11.0. The second-order valence-electron chi connectivity index (χ2n) is 2.84. The summed E-state index contributed by atoms with van der Waals surface area (Å²) in [5.41, 5.74) is 0. The van der Waals surface area contributed by atoms with Gasteiger partial charge in [-0.15, -0.1) is 11.6 Å². The molecule has 76 valence electrons. The molecule has 0 heterocycles. The lowest BCUT2D eigenvalue weighted by atomic mass is 10.2. The highest BCUT2D eigenvalue weighted by Crippen LogP contribution is 1.93. The second-order valence-corrected chi connectivity index (χ2v) is 3.11. The summed E-state index contributed by atoms with van der Waals surface area (Å²) in [5.74, 6) is -0.682. The van der Waals surface area contributed by atoms with E-state index in [1.54, 1.807) is 0 Å². The van der Waals surface area contributed by atoms with Crippen molar-refractivity contribution in [3.63, 3.8) is 0 Å². The van der Waals surface area contributed by atoms with Crippen LogP contribution < -0.4 is 10.6 Å². The summed E-state index contributed by atoms with van der Waals surface area (Å²) in [4.78, 5) is 21.7. The molecule has 0 spiro atoms. The minimum absolute atomic E-state index is 0.0770. The van der Waals surface area contributed by atoms with Gasteiger partial charge in [-0.25, -0.2) is 4.79 Å². The Morgan fingerprint density at radius 1 is 1.46 bits per heavy atom. The zero-order chi connectivity index (χ0) is 10.3. The fourth-order valence-corrected chi connectivity index (χ4v) is 0.992. The van der Waals surface area contributed by atoms with Crippen molar-refractivity contribution in [3.8, 4) is 0 Å². The van der Waals surface area contributed by atoms with Gasteiger partial charge in [0.1, 0.15) is 5.88 Å². The van der Waals surface area contributed by atoms with Crippen LogP contribution in [0.4, 0.5) is 4.79 Å². The number of halogens is 1. The predicted molar refractivity (Wildman–Crippen MR) is 51.8 cm³/mol. The summed E-state index contributed by atoms with van der Waals surface area (Å²) in [6.07, 6.45) is 1.88. The van der Waals surface area contributed by atoms with Crippen molar-refractivity contribution < 1.29 is 9.59 Å². The van der Waals surface area contributed by atoms with Crippen molar-refractivity contribution in [2.75, 3.05) is 5.88 Å². The minimum atomic E-state index is -0.483. The van der Waals surface area contributed by atoms with Crippen LogP contribution in [-0.4, -0.2) is 23.9 Å². The van der Waals surface area contributed by atoms with Gasteiger partial charge in [0.15, 0.2) is 0 Å². The summed E-state index contributed by atoms with van der Waals surface area (Å²) < 4.78 is 0. The molecule has 0 aromatic rings. The normalized spacial score (nSPS) is 11.9. The van der Waals surface area contributed by atoms with Gasteiger partial charge in [-0.1, -0.05) is 13.3 Å². The van der Waals surface area contributed by atoms with Crippen LogP contribution in [0.1, 0.15) is 26.7 Å². The molecule has 0 aromatic heterocycles. The molecule has 0 aliphatic rings. The van der Waals surface area contributed by atoms with E-state index >= 15 is 0 Å². The SMILES string of the molecule is CCCC(C)NC(=O)NC(=O)CCl. The van der Waals surface area contributed by atoms with E-state index in [1.165, 1.54) is 0 Å². The second kappa shape index (κ2) is 6.71. The first-order valence-electron chi connectivity index (χ1n) is 4.26. The minimum Gasteiger partial charge on any atom is -0.335 e. The highest BCUT2D eigenvalue weighted by atomic mass is 35.5. The number of carbonyl (C=O) groups excluding carboxylic acids is 2. The molecule has 0 saturated heterocycles. The molecule has 3 amide bonds. The monoisotopic (exact) mass is 206 g/mol. The van der Waals surface area contributed by atoms with Crippen LogP contribution in [0.3, 0.4) is 0 Å². The van der Waals surface area contributed by atoms with Gasteiger partial charge in [-0.05, 0) is 13.3 Å². The highest BCUT2D eigenvalue weighted by Gasteiger charge is 2.08. The van der Waals surface area contributed by atoms with Gasteiger partial charge in [0, 0.05) is 6.04 Å². The molecular weight excluding hydrogens is 192 g/mol. The lowest BCUT2D eigenvalue weighted by molar-refractivity contribution is -0.117. The van der Waals surface area contributed by atoms with E-state index in [1.807, 2.05) is 13.8 Å². The molecule has 1 unspecified atom stereocenters. The molecule has 0 saturated carbocycles. The van der Waals surface area contributed by atoms with E-state index in [-0.39, 0.29) is 11.9 Å². The van der Waals surface area contributed by atoms with Crippen LogP contribution in [0.15, 0.2) is 0 Å². The Morgan fingerprint density at radius 3 is 2.54 bits per heavy atom. The number of alkyl halides is 1. The van der Waals surface area contributed by atoms with Crippen LogP contribution >= 0.6 is 11.6 Å². The first-order valence-corrected chi connectivity index (χ1v) is 4.79. The number of imide groups is 1. The molecule has 0 bridgehead atoms. The molecule has 0 aliphatic carbocycles. The zero-order valence-electron chi connectivity index (χ0n) is 7.89. The number of hydrogen-bond donors (Lipinski definition) is 2. The van der Waals surface area contributed by atoms with Gasteiger partial charge in [0.25, 0.3) is 0 Å². The van der Waals surface area contributed by atoms with Gasteiger partial charge in [-0.2, -0.15) is 0 Å². The van der Waals surface area contributed by atoms with E-state index < -0.39 is 11.9 Å². The van der Waals surface area contributed by atoms with Crippen molar-refractivity contribution in [2.45, 2.75) is 32.7 Å². The maximum Gasteiger partial charge on any atom is 0.321 e. The number of urea groups is 1. The summed E-state index contributed by atoms with van der Waals surface area (Å²) >= 11 is 5.20. The first-order chi connectivity index (χ1) is 6.10. The highest BCUT2D eigenvalue weighted by molar-refractivity contribution is 6.28. The van der Waals surface area contributed by atoms with Crippen molar-refractivity contribution >= 4 is 23.5 Å². The van der Waals surface area contributed by atoms with Gasteiger partial charge < -0.3 is 5.32 Å². The molecule has 0 radical (unpaired) electrons. The van der Waals surface area contributed by atoms with Crippen molar-refractivity contribution in [1.82, 2.24) is 10.6 Å². The van der Waals surface area contributed by atoms with Crippen LogP contribution in [0.5, 0.6) is 0 Å². The zero-order valence-corrected chi connectivity index (χ0v) is 8.65. The molecule has 0 fully saturated rings. The van der Waals surface area contributed by atoms with Gasteiger partial charge in [-0.3, -0.25) is 10.1 Å². The van der Waals surface area contributed by atoms with Gasteiger partial charge in [0.2, 0.25) is 5.91 Å². The molecule has 5 heteroatoms. The average molecular weight is 207 g/mol. The lowest BCUT2D eigenvalue weighted by Gasteiger charge is -2.12. The van der Waals surface area contributed by atoms with E-state index in [0.29, 0.717) is 0 Å². The summed E-state index contributed by atoms with van der Waals surface area (Å²) in [6.45, 7) is 3.91. The Balaban J connectivity index is 3.67. The summed E-state index contributed by atoms with van der Waals surface area (Å²) in [7, 11) is 0. The fraction of sp³-hybridized carbons (Fsp3) is 0.750. The molecular formula is C8H15ClN2O2. The third kappa shape index (κ3) is 6.40. The average Bonchev–Trinajstić information content (AvgIpc) is 2.04. The largest absolute Gasteiger partial charge is 0.335 e. The molecule has 4 nitrogen and oxygen atoms in total. The number of rotatable bonds is 4. The van der Waals surface area contributed by atoms with E-state index in [9.17, 15) is 9.59 Å². The topological polar surface area (TPSA) is 58.2 Å². The quantitative estimate of drug-likeness (QED) is 0.680. The van der Waals surface area contributed by atoms with Crippen molar-refractivity contribution in [1.29, 1.82) is 0 Å². The van der Waals surface area contributed by atoms with Gasteiger partial charge in [0.05, 0.1) is 0 Å². The van der Waals surface area contributed by atoms with E-state index in [2.05, 4.69) is 10.6 Å². The Labute approximate surface area is 83.0 Å². The number of nitrogens with one attached hydrogen (secondary N) is 2. The molecule has 1 atom stereocenters. The molecule has 2 N–H and O–H groups in total. The van der Waals surface area contributed by atoms with E-state index in [4.69, 9.17) is 11.6 Å². The molecule has 0 rings (SSSR count). The number of carbonyl (C=O) groups is 2. The Hall–Kier alpha value is -0.770. The predicted octanol–water partition coefficient (Wildman–Crippen LogP) is 1.24. The maximum atomic E-state index is 11.0. The first kappa shape index (κ1) is 12.2. The van der Waals surface area contributed by atoms with Crippen molar-refractivity contribution in [3.05, 3.63) is 0 Å². The smallest absolute Gasteiger partial charge is 0.321 e. The Bertz CT molecular complexity index is 185. The summed E-state index contributed by atoms with van der Waals surface area (Å²) in [5, 5.41) is 4.71. The van der Waals surface area contributed by atoms with Crippen LogP contribution in [0.25, 0.3) is 0 Å². The number of hydrogen-bond acceptors (Lipinski definition) is 2. The van der Waals surface area contributed by atoms with E-state index in [0.717, 1.165) is 12.8 Å². The van der Waals surface area contributed by atoms with Gasteiger partial charge >= 0.3 is 6.03 Å². The Morgan fingerprint density at radius 2 is 2.08 bits per heavy atom. The lowest BCUT2D eigenvalue weighted by Crippen LogP contribution is -2.43. The molecule has 13 heavy (non-hydrogen) atoms. The summed E-state index contributed by atoms with van der Waals surface area (Å²) in [6, 6.07) is -0.403. The van der Waals surface area contributed by atoms with Crippen LogP contribution in [-0.2, 0) is 4.79 Å². The standard InChI is InChI=1S/C8H15ClN2O2/c1-3-4-6(2)10-8(13)11-7(12)5-9/h6H,3-5H2,1-2H3,(H2,10,11,12,13). The number of amides is 3. The van der Waals surface area contributed by atoms with Crippen LogP contribution in [0.2, 0.25) is 0 Å². The third-order valence-electron chi connectivity index (χ3n) is 1.47. The van der Waals surface area contributed by atoms with Crippen molar-refractivity contribution in [2.24, 2.45) is 0 Å². The molecule has 0 aromatic carbocycles. The fourth-order valence-electron chi connectivity index (χ4n) is 0.925.